The van der Waals surface area contributed by atoms with Gasteiger partial charge in [0.2, 0.25) is 11.7 Å². The third-order valence-corrected chi connectivity index (χ3v) is 5.80. The molecule has 1 aromatic carbocycles. The lowest BCUT2D eigenvalue weighted by atomic mass is 10.0. The van der Waals surface area contributed by atoms with Gasteiger partial charge in [-0.1, -0.05) is 17.7 Å². The van der Waals surface area contributed by atoms with Crippen LogP contribution in [0.4, 0.5) is 4.79 Å². The number of nitrogens with zero attached hydrogens (tertiary/aromatic N) is 4. The molecule has 1 fully saturated rings. The molecule has 2 heterocycles. The van der Waals surface area contributed by atoms with Crippen molar-refractivity contribution in [1.29, 1.82) is 0 Å². The molecule has 33 heavy (non-hydrogen) atoms. The van der Waals surface area contributed by atoms with Crippen LogP contribution < -0.4 is 5.32 Å². The minimum atomic E-state index is -1.03. The Morgan fingerprint density at radius 3 is 2.55 bits per heavy atom. The molecule has 0 aliphatic carbocycles. The first-order chi connectivity index (χ1) is 15.6. The van der Waals surface area contributed by atoms with Gasteiger partial charge in [-0.05, 0) is 62.9 Å². The molecular weight excluding hydrogens is 446 g/mol. The number of nitrogens with one attached hydrogen (secondary N) is 1. The highest BCUT2D eigenvalue weighted by Gasteiger charge is 2.35. The molecule has 0 radical (unpaired) electrons. The van der Waals surface area contributed by atoms with Crippen molar-refractivity contribution in [3.63, 3.8) is 0 Å². The second-order valence-electron chi connectivity index (χ2n) is 8.90. The van der Waals surface area contributed by atoms with E-state index >= 15 is 0 Å². The zero-order chi connectivity index (χ0) is 24.2. The highest BCUT2D eigenvalue weighted by molar-refractivity contribution is 6.30. The van der Waals surface area contributed by atoms with Crippen LogP contribution in [-0.2, 0) is 17.9 Å². The molecule has 2 N–H and O–H groups in total. The molecule has 2 aromatic rings. The highest BCUT2D eigenvalue weighted by atomic mass is 35.5. The van der Waals surface area contributed by atoms with E-state index in [0.29, 0.717) is 30.0 Å². The van der Waals surface area contributed by atoms with Crippen molar-refractivity contribution in [3.8, 4) is 0 Å². The molecule has 10 heteroatoms. The standard InChI is InChI=1S/C23H28ClN5O4/c1-23(2,3)29(22(32)33)14-15-7-8-17(24)12-16(15)13-27-20(30)18-6-4-11-28(18)21(31)19-25-9-5-10-26-19/h5,7-10,12,18H,4,6,11,13-14H2,1-3H3,(H,27,30)(H,32,33). The van der Waals surface area contributed by atoms with Crippen molar-refractivity contribution < 1.29 is 19.5 Å². The second-order valence-corrected chi connectivity index (χ2v) is 9.34. The van der Waals surface area contributed by atoms with E-state index in [1.807, 2.05) is 20.8 Å². The number of likely N-dealkylation sites (tertiary alicyclic amines) is 1. The van der Waals surface area contributed by atoms with E-state index in [9.17, 15) is 19.5 Å². The van der Waals surface area contributed by atoms with Gasteiger partial charge in [0, 0.05) is 42.6 Å². The van der Waals surface area contributed by atoms with E-state index in [1.165, 1.54) is 22.2 Å². The van der Waals surface area contributed by atoms with Crippen LogP contribution in [-0.4, -0.2) is 60.9 Å². The summed E-state index contributed by atoms with van der Waals surface area (Å²) in [6, 6.07) is 6.19. The van der Waals surface area contributed by atoms with Crippen molar-refractivity contribution in [1.82, 2.24) is 25.1 Å². The van der Waals surface area contributed by atoms with Crippen LogP contribution in [0.15, 0.2) is 36.7 Å². The number of carbonyl (C=O) groups excluding carboxylic acids is 2. The van der Waals surface area contributed by atoms with Gasteiger partial charge in [0.25, 0.3) is 5.91 Å². The number of rotatable bonds is 6. The van der Waals surface area contributed by atoms with Gasteiger partial charge in [0.15, 0.2) is 0 Å². The predicted molar refractivity (Wildman–Crippen MR) is 123 cm³/mol. The van der Waals surface area contributed by atoms with Crippen LogP contribution >= 0.6 is 11.6 Å². The molecule has 9 nitrogen and oxygen atoms in total. The van der Waals surface area contributed by atoms with Crippen molar-refractivity contribution in [2.24, 2.45) is 0 Å². The van der Waals surface area contributed by atoms with Crippen molar-refractivity contribution >= 4 is 29.5 Å². The van der Waals surface area contributed by atoms with Crippen LogP contribution in [0, 0.1) is 0 Å². The van der Waals surface area contributed by atoms with Crippen LogP contribution in [0.25, 0.3) is 0 Å². The summed E-state index contributed by atoms with van der Waals surface area (Å²) in [6.45, 7) is 6.23. The summed E-state index contributed by atoms with van der Waals surface area (Å²) in [6.07, 6.45) is 3.20. The fourth-order valence-electron chi connectivity index (χ4n) is 3.80. The molecule has 1 aliphatic rings. The van der Waals surface area contributed by atoms with Gasteiger partial charge < -0.3 is 15.3 Å². The number of halogens is 1. The van der Waals surface area contributed by atoms with Gasteiger partial charge in [-0.25, -0.2) is 14.8 Å². The fraction of sp³-hybridized carbons (Fsp3) is 0.435. The lowest BCUT2D eigenvalue weighted by molar-refractivity contribution is -0.125. The van der Waals surface area contributed by atoms with E-state index in [1.54, 1.807) is 24.3 Å². The Labute approximate surface area is 197 Å². The Balaban J connectivity index is 1.72. The first-order valence-corrected chi connectivity index (χ1v) is 11.1. The molecular formula is C23H28ClN5O4. The normalized spacial score (nSPS) is 15.9. The summed E-state index contributed by atoms with van der Waals surface area (Å²) in [5, 5.41) is 13.0. The van der Waals surface area contributed by atoms with Gasteiger partial charge in [0.05, 0.1) is 0 Å². The molecule has 3 rings (SSSR count). The first kappa shape index (κ1) is 24.4. The summed E-state index contributed by atoms with van der Waals surface area (Å²) in [5.74, 6) is -0.599. The summed E-state index contributed by atoms with van der Waals surface area (Å²) < 4.78 is 0. The van der Waals surface area contributed by atoms with E-state index in [4.69, 9.17) is 11.6 Å². The number of hydrogen-bond donors (Lipinski definition) is 2. The van der Waals surface area contributed by atoms with Crippen LogP contribution in [0.5, 0.6) is 0 Å². The number of aromatic nitrogens is 2. The zero-order valence-electron chi connectivity index (χ0n) is 18.9. The Bertz CT molecular complexity index is 1030. The molecule has 1 aliphatic heterocycles. The molecule has 0 saturated carbocycles. The average molecular weight is 474 g/mol. The van der Waals surface area contributed by atoms with Crippen LogP contribution in [0.1, 0.15) is 55.4 Å². The number of carboxylic acid groups (broad SMARTS) is 1. The fourth-order valence-corrected chi connectivity index (χ4v) is 3.99. The molecule has 1 aromatic heterocycles. The molecule has 176 valence electrons. The van der Waals surface area contributed by atoms with Crippen molar-refractivity contribution in [2.75, 3.05) is 6.54 Å². The number of amides is 3. The van der Waals surface area contributed by atoms with E-state index in [2.05, 4.69) is 15.3 Å². The summed E-state index contributed by atoms with van der Waals surface area (Å²) in [4.78, 5) is 48.3. The summed E-state index contributed by atoms with van der Waals surface area (Å²) in [7, 11) is 0. The average Bonchev–Trinajstić information content (AvgIpc) is 3.25. The maximum absolute atomic E-state index is 13.0. The Morgan fingerprint density at radius 2 is 1.91 bits per heavy atom. The van der Waals surface area contributed by atoms with Gasteiger partial charge in [-0.2, -0.15) is 0 Å². The van der Waals surface area contributed by atoms with E-state index in [-0.39, 0.29) is 30.7 Å². The molecule has 0 spiro atoms. The minimum Gasteiger partial charge on any atom is -0.465 e. The SMILES string of the molecule is CC(C)(C)N(Cc1ccc(Cl)cc1CNC(=O)C1CCCN1C(=O)c1ncccn1)C(=O)O. The first-order valence-electron chi connectivity index (χ1n) is 10.7. The maximum Gasteiger partial charge on any atom is 0.408 e. The minimum absolute atomic E-state index is 0.0604. The smallest absolute Gasteiger partial charge is 0.408 e. The van der Waals surface area contributed by atoms with Gasteiger partial charge >= 0.3 is 6.09 Å². The second kappa shape index (κ2) is 10.2. The highest BCUT2D eigenvalue weighted by Crippen LogP contribution is 2.23. The largest absolute Gasteiger partial charge is 0.465 e. The Hall–Kier alpha value is -3.20. The summed E-state index contributed by atoms with van der Waals surface area (Å²) >= 11 is 6.17. The van der Waals surface area contributed by atoms with Crippen LogP contribution in [0.2, 0.25) is 5.02 Å². The van der Waals surface area contributed by atoms with Crippen LogP contribution in [0.3, 0.4) is 0 Å². The number of benzene rings is 1. The Morgan fingerprint density at radius 1 is 1.21 bits per heavy atom. The molecule has 1 unspecified atom stereocenters. The molecule has 1 atom stereocenters. The quantitative estimate of drug-likeness (QED) is 0.664. The molecule has 0 bridgehead atoms. The van der Waals surface area contributed by atoms with Gasteiger partial charge in [-0.3, -0.25) is 14.5 Å². The van der Waals surface area contributed by atoms with E-state index in [0.717, 1.165) is 5.56 Å². The summed E-state index contributed by atoms with van der Waals surface area (Å²) in [5.41, 5.74) is 0.860. The number of hydrogen-bond acceptors (Lipinski definition) is 5. The molecule has 1 saturated heterocycles. The monoisotopic (exact) mass is 473 g/mol. The Kier molecular flexibility index (Phi) is 7.53. The van der Waals surface area contributed by atoms with Crippen molar-refractivity contribution in [3.05, 3.63) is 58.6 Å². The predicted octanol–water partition coefficient (Wildman–Crippen LogP) is 3.33. The van der Waals surface area contributed by atoms with E-state index < -0.39 is 17.7 Å². The lowest BCUT2D eigenvalue weighted by Crippen LogP contribution is -2.46. The topological polar surface area (TPSA) is 116 Å². The molecule has 3 amide bonds. The van der Waals surface area contributed by atoms with Crippen molar-refractivity contribution in [2.45, 2.75) is 58.3 Å². The maximum atomic E-state index is 13.0. The zero-order valence-corrected chi connectivity index (χ0v) is 19.7. The van der Waals surface area contributed by atoms with Gasteiger partial charge in [0.1, 0.15) is 6.04 Å². The van der Waals surface area contributed by atoms with Gasteiger partial charge in [-0.15, -0.1) is 0 Å². The third kappa shape index (κ3) is 5.98. The third-order valence-electron chi connectivity index (χ3n) is 5.56. The number of carbonyl (C=O) groups is 3. The lowest BCUT2D eigenvalue weighted by Gasteiger charge is -2.33.